The van der Waals surface area contributed by atoms with E-state index in [1.165, 1.54) is 18.4 Å². The molecule has 2 heterocycles. The summed E-state index contributed by atoms with van der Waals surface area (Å²) in [5.74, 6) is 2.24. The van der Waals surface area contributed by atoms with Crippen LogP contribution in [0.25, 0.3) is 0 Å². The maximum atomic E-state index is 12.0. The van der Waals surface area contributed by atoms with Crippen molar-refractivity contribution in [3.63, 3.8) is 0 Å². The van der Waals surface area contributed by atoms with Crippen LogP contribution in [0.3, 0.4) is 0 Å². The lowest BCUT2D eigenvalue weighted by Gasteiger charge is -2.20. The van der Waals surface area contributed by atoms with E-state index in [1.807, 2.05) is 31.5 Å². The molecule has 2 aromatic heterocycles. The second kappa shape index (κ2) is 6.43. The molecule has 7 nitrogen and oxygen atoms in total. The Kier molecular flexibility index (Phi) is 3.97. The van der Waals surface area contributed by atoms with E-state index >= 15 is 0 Å². The van der Waals surface area contributed by atoms with E-state index in [9.17, 15) is 4.79 Å². The highest BCUT2D eigenvalue weighted by atomic mass is 16.2. The third-order valence-corrected chi connectivity index (χ3v) is 4.49. The molecule has 1 aliphatic carbocycles. The number of H-pyrrole nitrogens is 1. The summed E-state index contributed by atoms with van der Waals surface area (Å²) in [6, 6.07) is 9.72. The first-order chi connectivity index (χ1) is 12.2. The molecule has 1 fully saturated rings. The van der Waals surface area contributed by atoms with Gasteiger partial charge in [-0.1, -0.05) is 12.1 Å². The molecule has 2 amide bonds. The first kappa shape index (κ1) is 15.4. The lowest BCUT2D eigenvalue weighted by Crippen LogP contribution is -2.19. The topological polar surface area (TPSA) is 87.6 Å². The van der Waals surface area contributed by atoms with Gasteiger partial charge in [-0.2, -0.15) is 5.10 Å². The average Bonchev–Trinajstić information content (AvgIpc) is 3.14. The number of carbonyl (C=O) groups excluding carboxylic acids is 1. The predicted molar refractivity (Wildman–Crippen MR) is 95.5 cm³/mol. The van der Waals surface area contributed by atoms with E-state index in [4.69, 9.17) is 0 Å². The van der Waals surface area contributed by atoms with Crippen molar-refractivity contribution >= 4 is 17.5 Å². The average molecular weight is 336 g/mol. The van der Waals surface area contributed by atoms with Crippen molar-refractivity contribution in [2.45, 2.75) is 25.8 Å². The number of nitrogens with zero attached hydrogens (tertiary/aromatic N) is 3. The monoisotopic (exact) mass is 336 g/mol. The molecular weight excluding hydrogens is 316 g/mol. The van der Waals surface area contributed by atoms with Gasteiger partial charge in [0.1, 0.15) is 11.6 Å². The second-order valence-electron chi connectivity index (χ2n) is 6.34. The molecule has 0 aliphatic heterocycles. The Bertz CT molecular complexity index is 848. The number of carbonyl (C=O) groups is 1. The van der Waals surface area contributed by atoms with Crippen molar-refractivity contribution in [2.75, 3.05) is 10.6 Å². The number of anilines is 2. The van der Waals surface area contributed by atoms with Gasteiger partial charge in [-0.05, 0) is 43.4 Å². The molecule has 7 heteroatoms. The van der Waals surface area contributed by atoms with E-state index in [0.717, 1.165) is 11.5 Å². The zero-order valence-electron chi connectivity index (χ0n) is 13.9. The Balaban J connectivity index is 1.47. The van der Waals surface area contributed by atoms with Gasteiger partial charge in [0.2, 0.25) is 0 Å². The van der Waals surface area contributed by atoms with Crippen LogP contribution in [0.1, 0.15) is 30.3 Å². The first-order valence-corrected chi connectivity index (χ1v) is 8.37. The maximum Gasteiger partial charge on any atom is 0.324 e. The molecule has 4 rings (SSSR count). The van der Waals surface area contributed by atoms with Crippen LogP contribution in [-0.2, 0) is 0 Å². The zero-order chi connectivity index (χ0) is 17.2. The molecule has 1 atom stereocenters. The van der Waals surface area contributed by atoms with Crippen molar-refractivity contribution in [1.82, 2.24) is 19.7 Å². The Labute approximate surface area is 145 Å². The Morgan fingerprint density at radius 1 is 1.20 bits per heavy atom. The number of amides is 2. The van der Waals surface area contributed by atoms with Crippen molar-refractivity contribution in [1.29, 1.82) is 0 Å². The molecule has 0 spiro atoms. The number of aryl methyl sites for hydroxylation is 1. The number of hydrogen-bond donors (Lipinski definition) is 3. The number of urea groups is 1. The quantitative estimate of drug-likeness (QED) is 0.666. The minimum absolute atomic E-state index is 0.304. The van der Waals surface area contributed by atoms with Gasteiger partial charge >= 0.3 is 6.03 Å². The molecule has 1 aliphatic rings. The van der Waals surface area contributed by atoms with Gasteiger partial charge in [0, 0.05) is 24.1 Å². The Hall–Kier alpha value is -3.09. The maximum absolute atomic E-state index is 12.0. The van der Waals surface area contributed by atoms with Gasteiger partial charge in [0.25, 0.3) is 0 Å². The molecule has 0 saturated heterocycles. The molecule has 3 aromatic rings. The fraction of sp³-hybridized carbons (Fsp3) is 0.278. The summed E-state index contributed by atoms with van der Waals surface area (Å²) in [4.78, 5) is 16.3. The lowest BCUT2D eigenvalue weighted by molar-refractivity contribution is 0.262. The predicted octanol–water partition coefficient (Wildman–Crippen LogP) is 3.56. The van der Waals surface area contributed by atoms with E-state index in [1.54, 1.807) is 12.3 Å². The first-order valence-electron chi connectivity index (χ1n) is 8.37. The molecular formula is C18H20N6O. The SMILES string of the molecule is Cc1nccn1[C@H](c1ccc(NC(=O)Nc2ccn[nH]2)cc1)C1CC1. The third-order valence-electron chi connectivity index (χ3n) is 4.49. The van der Waals surface area contributed by atoms with Crippen LogP contribution >= 0.6 is 0 Å². The van der Waals surface area contributed by atoms with Gasteiger partial charge in [0.05, 0.1) is 12.2 Å². The van der Waals surface area contributed by atoms with E-state index in [2.05, 4.69) is 42.5 Å². The molecule has 3 N–H and O–H groups in total. The van der Waals surface area contributed by atoms with Gasteiger partial charge in [-0.15, -0.1) is 0 Å². The smallest absolute Gasteiger partial charge is 0.324 e. The normalized spacial score (nSPS) is 14.9. The van der Waals surface area contributed by atoms with Crippen LogP contribution in [0.5, 0.6) is 0 Å². The van der Waals surface area contributed by atoms with Gasteiger partial charge in [-0.3, -0.25) is 10.4 Å². The van der Waals surface area contributed by atoms with Crippen molar-refractivity contribution in [2.24, 2.45) is 5.92 Å². The van der Waals surface area contributed by atoms with Crippen LogP contribution in [0.4, 0.5) is 16.3 Å². The summed E-state index contributed by atoms with van der Waals surface area (Å²) in [6.45, 7) is 2.03. The van der Waals surface area contributed by atoms with Crippen LogP contribution < -0.4 is 10.6 Å². The highest BCUT2D eigenvalue weighted by molar-refractivity contribution is 5.99. The summed E-state index contributed by atoms with van der Waals surface area (Å²) < 4.78 is 2.24. The summed E-state index contributed by atoms with van der Waals surface area (Å²) in [7, 11) is 0. The van der Waals surface area contributed by atoms with Gasteiger partial charge < -0.3 is 9.88 Å². The molecule has 0 unspecified atom stereocenters. The Morgan fingerprint density at radius 3 is 2.60 bits per heavy atom. The van der Waals surface area contributed by atoms with Crippen LogP contribution in [-0.4, -0.2) is 25.8 Å². The fourth-order valence-electron chi connectivity index (χ4n) is 3.13. The van der Waals surface area contributed by atoms with Crippen LogP contribution in [0.15, 0.2) is 48.9 Å². The van der Waals surface area contributed by atoms with Gasteiger partial charge in [0.15, 0.2) is 0 Å². The standard InChI is InChI=1S/C18H20N6O/c1-12-19-10-11-24(12)17(13-2-3-13)14-4-6-15(7-5-14)21-18(25)22-16-8-9-20-23-16/h4-11,13,17H,2-3H2,1H3,(H3,20,21,22,23,25)/t17-/m0/s1. The van der Waals surface area contributed by atoms with Gasteiger partial charge in [-0.25, -0.2) is 9.78 Å². The minimum Gasteiger partial charge on any atom is -0.327 e. The molecule has 1 aromatic carbocycles. The molecule has 0 bridgehead atoms. The van der Waals surface area contributed by atoms with Crippen molar-refractivity contribution in [3.05, 3.63) is 60.3 Å². The molecule has 25 heavy (non-hydrogen) atoms. The number of hydrogen-bond acceptors (Lipinski definition) is 3. The summed E-state index contributed by atoms with van der Waals surface area (Å²) in [5, 5.41) is 12.0. The molecule has 1 saturated carbocycles. The highest BCUT2D eigenvalue weighted by Crippen LogP contribution is 2.44. The minimum atomic E-state index is -0.304. The number of nitrogens with one attached hydrogen (secondary N) is 3. The fourth-order valence-corrected chi connectivity index (χ4v) is 3.13. The van der Waals surface area contributed by atoms with Crippen LogP contribution in [0.2, 0.25) is 0 Å². The Morgan fingerprint density at radius 2 is 2.00 bits per heavy atom. The van der Waals surface area contributed by atoms with Crippen molar-refractivity contribution < 1.29 is 4.79 Å². The molecule has 128 valence electrons. The number of aromatic nitrogens is 4. The summed E-state index contributed by atoms with van der Waals surface area (Å²) in [6.07, 6.45) is 7.97. The summed E-state index contributed by atoms with van der Waals surface area (Å²) >= 11 is 0. The highest BCUT2D eigenvalue weighted by Gasteiger charge is 2.34. The van der Waals surface area contributed by atoms with E-state index < -0.39 is 0 Å². The van der Waals surface area contributed by atoms with Crippen molar-refractivity contribution in [3.8, 4) is 0 Å². The summed E-state index contributed by atoms with van der Waals surface area (Å²) in [5.41, 5.74) is 1.99. The third kappa shape index (κ3) is 3.40. The number of rotatable bonds is 5. The number of imidazole rings is 1. The van der Waals surface area contributed by atoms with E-state index in [0.29, 0.717) is 17.8 Å². The number of aromatic amines is 1. The number of benzene rings is 1. The largest absolute Gasteiger partial charge is 0.327 e. The lowest BCUT2D eigenvalue weighted by atomic mass is 10.0. The molecule has 0 radical (unpaired) electrons. The second-order valence-corrected chi connectivity index (χ2v) is 6.34. The zero-order valence-corrected chi connectivity index (χ0v) is 13.9. The van der Waals surface area contributed by atoms with Crippen LogP contribution in [0, 0.1) is 12.8 Å². The van der Waals surface area contributed by atoms with E-state index in [-0.39, 0.29) is 6.03 Å².